The molecule has 1 aromatic heterocycles. The predicted molar refractivity (Wildman–Crippen MR) is 110 cm³/mol. The maximum atomic E-state index is 12.9. The van der Waals surface area contributed by atoms with E-state index in [0.717, 1.165) is 0 Å². The standard InChI is InChI=1S/C21H22N4O6/c1-4-31-21(27)17-13(2)23-16(11-24-9-8-22-12-24)19(20(26)30-3)18(17)14-6-5-7-15(10-14)25(28)29/h5-10,12,17-18H,4,11H2,1-3H3. The molecule has 1 aliphatic rings. The van der Waals surface area contributed by atoms with Crippen LogP contribution in [0.2, 0.25) is 0 Å². The maximum absolute atomic E-state index is 12.9. The zero-order chi connectivity index (χ0) is 22.5. The van der Waals surface area contributed by atoms with Gasteiger partial charge in [-0.15, -0.1) is 0 Å². The molecule has 0 aliphatic carbocycles. The third-order valence-corrected chi connectivity index (χ3v) is 4.99. The Hall–Kier alpha value is -3.82. The molecule has 1 aromatic carbocycles. The van der Waals surface area contributed by atoms with Gasteiger partial charge in [0.2, 0.25) is 0 Å². The summed E-state index contributed by atoms with van der Waals surface area (Å²) in [6.07, 6.45) is 4.89. The molecule has 3 rings (SSSR count). The lowest BCUT2D eigenvalue weighted by molar-refractivity contribution is -0.384. The van der Waals surface area contributed by atoms with E-state index in [9.17, 15) is 19.7 Å². The van der Waals surface area contributed by atoms with Gasteiger partial charge in [-0.1, -0.05) is 12.1 Å². The lowest BCUT2D eigenvalue weighted by atomic mass is 9.75. The van der Waals surface area contributed by atoms with Crippen LogP contribution < -0.4 is 0 Å². The van der Waals surface area contributed by atoms with Gasteiger partial charge >= 0.3 is 11.9 Å². The number of ether oxygens (including phenoxy) is 2. The van der Waals surface area contributed by atoms with E-state index in [-0.39, 0.29) is 24.4 Å². The Kier molecular flexibility index (Phi) is 6.58. The van der Waals surface area contributed by atoms with E-state index < -0.39 is 28.7 Å². The highest BCUT2D eigenvalue weighted by molar-refractivity contribution is 6.07. The molecule has 0 radical (unpaired) electrons. The molecule has 0 spiro atoms. The zero-order valence-electron chi connectivity index (χ0n) is 17.3. The fourth-order valence-corrected chi connectivity index (χ4v) is 3.69. The molecule has 2 unspecified atom stereocenters. The fraction of sp³-hybridized carbons (Fsp3) is 0.333. The third kappa shape index (κ3) is 4.52. The highest BCUT2D eigenvalue weighted by Gasteiger charge is 2.43. The molecule has 31 heavy (non-hydrogen) atoms. The molecule has 10 heteroatoms. The average molecular weight is 426 g/mol. The SMILES string of the molecule is CCOC(=O)C1C(C)=NC(Cn2ccnc2)=C(C(=O)OC)C1c1cccc([N+](=O)[O-])c1. The number of non-ortho nitro benzene ring substituents is 1. The Labute approximate surface area is 178 Å². The van der Waals surface area contributed by atoms with Crippen molar-refractivity contribution in [2.45, 2.75) is 26.3 Å². The van der Waals surface area contributed by atoms with Crippen molar-refractivity contribution in [3.05, 3.63) is 69.9 Å². The van der Waals surface area contributed by atoms with Crippen LogP contribution >= 0.6 is 0 Å². The third-order valence-electron chi connectivity index (χ3n) is 4.99. The van der Waals surface area contributed by atoms with Gasteiger partial charge in [0.15, 0.2) is 0 Å². The number of carbonyl (C=O) groups excluding carboxylic acids is 2. The summed E-state index contributed by atoms with van der Waals surface area (Å²) in [5.74, 6) is -3.02. The van der Waals surface area contributed by atoms with Crippen LogP contribution in [0.15, 0.2) is 59.2 Å². The van der Waals surface area contributed by atoms with Crippen molar-refractivity contribution in [1.29, 1.82) is 0 Å². The second-order valence-corrected chi connectivity index (χ2v) is 6.90. The van der Waals surface area contributed by atoms with Crippen molar-refractivity contribution in [2.75, 3.05) is 13.7 Å². The summed E-state index contributed by atoms with van der Waals surface area (Å²) in [7, 11) is 1.24. The number of aromatic nitrogens is 2. The molecule has 0 saturated carbocycles. The summed E-state index contributed by atoms with van der Waals surface area (Å²) in [6.45, 7) is 3.71. The predicted octanol–water partition coefficient (Wildman–Crippen LogP) is 2.66. The van der Waals surface area contributed by atoms with Crippen LogP contribution in [0.4, 0.5) is 5.69 Å². The summed E-state index contributed by atoms with van der Waals surface area (Å²) in [4.78, 5) is 45.1. The number of hydrogen-bond donors (Lipinski definition) is 0. The Balaban J connectivity index is 2.23. The molecule has 0 fully saturated rings. The minimum absolute atomic E-state index is 0.142. The van der Waals surface area contributed by atoms with Crippen molar-refractivity contribution in [3.63, 3.8) is 0 Å². The van der Waals surface area contributed by atoms with Gasteiger partial charge in [0.1, 0.15) is 5.92 Å². The number of allylic oxidation sites excluding steroid dienone is 1. The van der Waals surface area contributed by atoms with Crippen LogP contribution in [0, 0.1) is 16.0 Å². The second kappa shape index (κ2) is 9.33. The minimum Gasteiger partial charge on any atom is -0.466 e. The molecule has 2 heterocycles. The largest absolute Gasteiger partial charge is 0.466 e. The van der Waals surface area contributed by atoms with Gasteiger partial charge in [-0.3, -0.25) is 19.9 Å². The van der Waals surface area contributed by atoms with Crippen LogP contribution in [-0.4, -0.2) is 45.8 Å². The summed E-state index contributed by atoms with van der Waals surface area (Å²) < 4.78 is 12.0. The lowest BCUT2D eigenvalue weighted by Crippen LogP contribution is -2.37. The highest BCUT2D eigenvalue weighted by Crippen LogP contribution is 2.41. The van der Waals surface area contributed by atoms with E-state index in [1.807, 2.05) is 0 Å². The number of nitrogens with zero attached hydrogens (tertiary/aromatic N) is 4. The van der Waals surface area contributed by atoms with Crippen LogP contribution in [-0.2, 0) is 25.6 Å². The monoisotopic (exact) mass is 426 g/mol. The number of nitro benzene ring substituents is 1. The van der Waals surface area contributed by atoms with Gasteiger partial charge < -0.3 is 14.0 Å². The van der Waals surface area contributed by atoms with Crippen molar-refractivity contribution in [2.24, 2.45) is 10.9 Å². The second-order valence-electron chi connectivity index (χ2n) is 6.90. The summed E-state index contributed by atoms with van der Waals surface area (Å²) >= 11 is 0. The molecule has 2 atom stereocenters. The van der Waals surface area contributed by atoms with Gasteiger partial charge in [-0.05, 0) is 19.4 Å². The van der Waals surface area contributed by atoms with E-state index in [4.69, 9.17) is 9.47 Å². The normalized spacial score (nSPS) is 18.4. The van der Waals surface area contributed by atoms with Gasteiger partial charge in [-0.2, -0.15) is 0 Å². The first kappa shape index (κ1) is 21.9. The molecule has 10 nitrogen and oxygen atoms in total. The molecule has 0 saturated heterocycles. The number of hydrogen-bond acceptors (Lipinski definition) is 8. The van der Waals surface area contributed by atoms with E-state index in [1.54, 1.807) is 43.2 Å². The van der Waals surface area contributed by atoms with E-state index in [1.165, 1.54) is 25.3 Å². The van der Waals surface area contributed by atoms with Gasteiger partial charge in [-0.25, -0.2) is 9.78 Å². The molecule has 162 valence electrons. The maximum Gasteiger partial charge on any atom is 0.336 e. The van der Waals surface area contributed by atoms with Crippen molar-refractivity contribution in [1.82, 2.24) is 9.55 Å². The van der Waals surface area contributed by atoms with Gasteiger partial charge in [0.05, 0.1) is 42.8 Å². The molecular formula is C21H22N4O6. The minimum atomic E-state index is -0.928. The number of rotatable bonds is 7. The number of benzene rings is 1. The van der Waals surface area contributed by atoms with Gasteiger partial charge in [0.25, 0.3) is 5.69 Å². The molecule has 2 aromatic rings. The van der Waals surface area contributed by atoms with Crippen LogP contribution in [0.25, 0.3) is 0 Å². The molecule has 1 aliphatic heterocycles. The number of carbonyl (C=O) groups is 2. The zero-order valence-corrected chi connectivity index (χ0v) is 17.3. The highest BCUT2D eigenvalue weighted by atomic mass is 16.6. The summed E-state index contributed by atoms with van der Waals surface area (Å²) in [5.41, 5.74) is 1.25. The van der Waals surface area contributed by atoms with Crippen molar-refractivity contribution >= 4 is 23.3 Å². The Morgan fingerprint density at radius 1 is 1.32 bits per heavy atom. The fourth-order valence-electron chi connectivity index (χ4n) is 3.69. The molecule has 0 bridgehead atoms. The van der Waals surface area contributed by atoms with Crippen LogP contribution in [0.5, 0.6) is 0 Å². The first-order chi connectivity index (χ1) is 14.9. The first-order valence-electron chi connectivity index (χ1n) is 9.60. The van der Waals surface area contributed by atoms with Crippen LogP contribution in [0.1, 0.15) is 25.3 Å². The number of nitro groups is 1. The van der Waals surface area contributed by atoms with Crippen LogP contribution in [0.3, 0.4) is 0 Å². The smallest absolute Gasteiger partial charge is 0.336 e. The molecule has 0 N–H and O–H groups in total. The van der Waals surface area contributed by atoms with E-state index in [0.29, 0.717) is 17.0 Å². The molecule has 0 amide bonds. The number of methoxy groups -OCH3 is 1. The number of esters is 2. The van der Waals surface area contributed by atoms with Crippen molar-refractivity contribution < 1.29 is 24.0 Å². The quantitative estimate of drug-likeness (QED) is 0.378. The lowest BCUT2D eigenvalue weighted by Gasteiger charge is -2.32. The number of aliphatic imine (C=N–C) groups is 1. The Morgan fingerprint density at radius 2 is 2.10 bits per heavy atom. The van der Waals surface area contributed by atoms with E-state index in [2.05, 4.69) is 9.98 Å². The Bertz CT molecular complexity index is 1060. The van der Waals surface area contributed by atoms with Gasteiger partial charge in [0, 0.05) is 36.2 Å². The first-order valence-corrected chi connectivity index (χ1v) is 9.60. The average Bonchev–Trinajstić information content (AvgIpc) is 3.26. The Morgan fingerprint density at radius 3 is 2.71 bits per heavy atom. The topological polar surface area (TPSA) is 126 Å². The summed E-state index contributed by atoms with van der Waals surface area (Å²) in [5, 5.41) is 11.3. The summed E-state index contributed by atoms with van der Waals surface area (Å²) in [6, 6.07) is 5.86. The number of imidazole rings is 1. The van der Waals surface area contributed by atoms with Crippen molar-refractivity contribution in [3.8, 4) is 0 Å². The molecular weight excluding hydrogens is 404 g/mol. The van der Waals surface area contributed by atoms with E-state index >= 15 is 0 Å².